The summed E-state index contributed by atoms with van der Waals surface area (Å²) in [4.78, 5) is 27.5. The van der Waals surface area contributed by atoms with Crippen molar-refractivity contribution in [2.45, 2.75) is 19.2 Å². The monoisotopic (exact) mass is 384 g/mol. The van der Waals surface area contributed by atoms with Gasteiger partial charge in [0.1, 0.15) is 18.4 Å². The van der Waals surface area contributed by atoms with Crippen molar-refractivity contribution in [1.29, 1.82) is 0 Å². The molecular weight excluding hydrogens is 360 g/mol. The van der Waals surface area contributed by atoms with Crippen LogP contribution in [0.1, 0.15) is 11.1 Å². The Morgan fingerprint density at radius 1 is 1.07 bits per heavy atom. The predicted octanol–water partition coefficient (Wildman–Crippen LogP) is 2.60. The summed E-state index contributed by atoms with van der Waals surface area (Å²) in [7, 11) is 1.60. The molecule has 1 saturated heterocycles. The lowest BCUT2D eigenvalue weighted by molar-refractivity contribution is -0.145. The number of aliphatic carboxylic acids is 1. The molecule has 1 atom stereocenters. The molecule has 3 rings (SSSR count). The number of ether oxygens (including phenoxy) is 2. The molecule has 7 heteroatoms. The average molecular weight is 384 g/mol. The van der Waals surface area contributed by atoms with Crippen molar-refractivity contribution in [2.75, 3.05) is 26.7 Å². The summed E-state index contributed by atoms with van der Waals surface area (Å²) in [5.41, 5.74) is 1.85. The zero-order chi connectivity index (χ0) is 19.9. The first-order valence-corrected chi connectivity index (χ1v) is 9.12. The molecule has 0 spiro atoms. The van der Waals surface area contributed by atoms with Gasteiger partial charge in [0.05, 0.1) is 13.7 Å². The van der Waals surface area contributed by atoms with E-state index in [0.29, 0.717) is 19.6 Å². The lowest BCUT2D eigenvalue weighted by atomic mass is 10.1. The van der Waals surface area contributed by atoms with Gasteiger partial charge in [-0.1, -0.05) is 42.5 Å². The number of methoxy groups -OCH3 is 1. The Morgan fingerprint density at radius 3 is 2.54 bits per heavy atom. The van der Waals surface area contributed by atoms with Gasteiger partial charge in [-0.05, 0) is 23.3 Å². The van der Waals surface area contributed by atoms with Gasteiger partial charge in [-0.3, -0.25) is 9.69 Å². The fourth-order valence-electron chi connectivity index (χ4n) is 3.23. The van der Waals surface area contributed by atoms with E-state index in [1.54, 1.807) is 7.11 Å². The molecule has 0 saturated carbocycles. The topological polar surface area (TPSA) is 79.3 Å². The molecule has 7 nitrogen and oxygen atoms in total. The quantitative estimate of drug-likeness (QED) is 0.825. The maximum Gasteiger partial charge on any atom is 0.410 e. The molecule has 2 aromatic rings. The average Bonchev–Trinajstić information content (AvgIpc) is 2.73. The van der Waals surface area contributed by atoms with Crippen molar-refractivity contribution in [2.24, 2.45) is 0 Å². The number of hydrogen-bond donors (Lipinski definition) is 1. The zero-order valence-electron chi connectivity index (χ0n) is 15.8. The van der Waals surface area contributed by atoms with E-state index in [0.717, 1.165) is 16.9 Å². The van der Waals surface area contributed by atoms with Crippen molar-refractivity contribution >= 4 is 12.1 Å². The highest BCUT2D eigenvalue weighted by Crippen LogP contribution is 2.19. The van der Waals surface area contributed by atoms with E-state index in [2.05, 4.69) is 0 Å². The third-order valence-electron chi connectivity index (χ3n) is 4.76. The molecule has 1 fully saturated rings. The summed E-state index contributed by atoms with van der Waals surface area (Å²) in [6, 6.07) is 16.1. The highest BCUT2D eigenvalue weighted by atomic mass is 16.6. The number of nitrogens with zero attached hydrogens (tertiary/aromatic N) is 2. The van der Waals surface area contributed by atoms with Gasteiger partial charge in [-0.15, -0.1) is 0 Å². The van der Waals surface area contributed by atoms with E-state index in [1.807, 2.05) is 59.5 Å². The molecule has 0 aromatic heterocycles. The molecule has 1 heterocycles. The van der Waals surface area contributed by atoms with Crippen LogP contribution in [0.15, 0.2) is 54.6 Å². The van der Waals surface area contributed by atoms with Gasteiger partial charge < -0.3 is 19.5 Å². The Kier molecular flexibility index (Phi) is 6.49. The predicted molar refractivity (Wildman–Crippen MR) is 103 cm³/mol. The first kappa shape index (κ1) is 19.7. The molecule has 1 aliphatic heterocycles. The number of rotatable bonds is 6. The number of carbonyl (C=O) groups is 2. The third-order valence-corrected chi connectivity index (χ3v) is 4.76. The fraction of sp³-hybridized carbons (Fsp3) is 0.333. The number of piperazine rings is 1. The molecule has 0 radical (unpaired) electrons. The Labute approximate surface area is 164 Å². The van der Waals surface area contributed by atoms with Crippen molar-refractivity contribution in [3.8, 4) is 5.75 Å². The van der Waals surface area contributed by atoms with Gasteiger partial charge >= 0.3 is 12.1 Å². The second-order valence-corrected chi connectivity index (χ2v) is 6.66. The molecule has 0 aliphatic carbocycles. The molecule has 1 N–H and O–H groups in total. The van der Waals surface area contributed by atoms with E-state index in [-0.39, 0.29) is 13.2 Å². The minimum atomic E-state index is -0.955. The van der Waals surface area contributed by atoms with Gasteiger partial charge in [0.15, 0.2) is 0 Å². The van der Waals surface area contributed by atoms with Gasteiger partial charge in [0.2, 0.25) is 0 Å². The van der Waals surface area contributed by atoms with E-state index in [1.165, 1.54) is 4.90 Å². The van der Waals surface area contributed by atoms with Gasteiger partial charge in [-0.2, -0.15) is 0 Å². The van der Waals surface area contributed by atoms with E-state index < -0.39 is 18.1 Å². The van der Waals surface area contributed by atoms with Crippen LogP contribution < -0.4 is 4.74 Å². The van der Waals surface area contributed by atoms with Crippen molar-refractivity contribution in [3.63, 3.8) is 0 Å². The molecule has 28 heavy (non-hydrogen) atoms. The summed E-state index contributed by atoms with van der Waals surface area (Å²) in [5, 5.41) is 9.65. The summed E-state index contributed by atoms with van der Waals surface area (Å²) in [5.74, 6) is -0.226. The summed E-state index contributed by atoms with van der Waals surface area (Å²) >= 11 is 0. The number of carboxylic acids is 1. The first-order valence-electron chi connectivity index (χ1n) is 9.12. The number of hydrogen-bond acceptors (Lipinski definition) is 5. The van der Waals surface area contributed by atoms with Crippen LogP contribution in [0, 0.1) is 0 Å². The minimum absolute atomic E-state index is 0.0902. The number of benzene rings is 2. The Bertz CT molecular complexity index is 811. The van der Waals surface area contributed by atoms with Gasteiger partial charge in [0.25, 0.3) is 0 Å². The van der Waals surface area contributed by atoms with Crippen LogP contribution in [0.3, 0.4) is 0 Å². The summed E-state index contributed by atoms with van der Waals surface area (Å²) in [6.07, 6.45) is -0.490. The number of carbonyl (C=O) groups excluding carboxylic acids is 1. The molecule has 148 valence electrons. The molecule has 1 aliphatic rings. The largest absolute Gasteiger partial charge is 0.497 e. The number of carboxylic acid groups (broad SMARTS) is 1. The summed E-state index contributed by atoms with van der Waals surface area (Å²) in [6.45, 7) is 1.60. The Balaban J connectivity index is 1.60. The molecule has 0 bridgehead atoms. The highest BCUT2D eigenvalue weighted by molar-refractivity contribution is 5.76. The molecule has 2 aromatic carbocycles. The van der Waals surface area contributed by atoms with Crippen molar-refractivity contribution in [3.05, 3.63) is 65.7 Å². The third kappa shape index (κ3) is 5.01. The van der Waals surface area contributed by atoms with Crippen LogP contribution in [0.4, 0.5) is 4.79 Å². The highest BCUT2D eigenvalue weighted by Gasteiger charge is 2.34. The van der Waals surface area contributed by atoms with E-state index in [9.17, 15) is 14.7 Å². The Hall–Kier alpha value is -3.06. The first-order chi connectivity index (χ1) is 13.6. The van der Waals surface area contributed by atoms with Crippen LogP contribution >= 0.6 is 0 Å². The zero-order valence-corrected chi connectivity index (χ0v) is 15.8. The van der Waals surface area contributed by atoms with Gasteiger partial charge in [-0.25, -0.2) is 4.79 Å². The van der Waals surface area contributed by atoms with Crippen LogP contribution in [0.2, 0.25) is 0 Å². The van der Waals surface area contributed by atoms with Crippen LogP contribution in [-0.2, 0) is 22.7 Å². The van der Waals surface area contributed by atoms with Crippen molar-refractivity contribution < 1.29 is 24.2 Å². The second kappa shape index (κ2) is 9.23. The second-order valence-electron chi connectivity index (χ2n) is 6.66. The van der Waals surface area contributed by atoms with E-state index in [4.69, 9.17) is 9.47 Å². The maximum absolute atomic E-state index is 12.4. The standard InChI is InChI=1S/C21H24N2O5/c1-27-18-9-5-8-17(12-18)13-22-10-11-23(14-19(22)20(24)25)21(26)28-15-16-6-3-2-4-7-16/h2-9,12,19H,10-11,13-15H2,1H3,(H,24,25)/t19-/m0/s1. The van der Waals surface area contributed by atoms with Crippen LogP contribution in [0.5, 0.6) is 5.75 Å². The SMILES string of the molecule is COc1cccc(CN2CCN(C(=O)OCc3ccccc3)C[C@H]2C(=O)O)c1. The van der Waals surface area contributed by atoms with Crippen LogP contribution in [-0.4, -0.2) is 59.8 Å². The smallest absolute Gasteiger partial charge is 0.410 e. The normalized spacial score (nSPS) is 17.2. The minimum Gasteiger partial charge on any atom is -0.497 e. The molecule has 0 unspecified atom stereocenters. The Morgan fingerprint density at radius 2 is 1.82 bits per heavy atom. The lowest BCUT2D eigenvalue weighted by Gasteiger charge is -2.38. The fourth-order valence-corrected chi connectivity index (χ4v) is 3.23. The lowest BCUT2D eigenvalue weighted by Crippen LogP contribution is -2.57. The van der Waals surface area contributed by atoms with Crippen LogP contribution in [0.25, 0.3) is 0 Å². The number of amides is 1. The summed E-state index contributed by atoms with van der Waals surface area (Å²) < 4.78 is 10.6. The molecule has 1 amide bonds. The van der Waals surface area contributed by atoms with Gasteiger partial charge in [0, 0.05) is 19.6 Å². The molecular formula is C21H24N2O5. The maximum atomic E-state index is 12.4. The van der Waals surface area contributed by atoms with Crippen molar-refractivity contribution in [1.82, 2.24) is 9.80 Å². The van der Waals surface area contributed by atoms with E-state index >= 15 is 0 Å².